The standard InChI is InChI=1S/C5H8N2O.H2O.H2/c1-3-4(2)8-7-5(3)6;;/h1-2H3,(H2,6,7);1H2;1H. The fraction of sp³-hybridized carbons (Fsp3) is 0.400. The summed E-state index contributed by atoms with van der Waals surface area (Å²) in [6, 6.07) is 0. The Morgan fingerprint density at radius 2 is 2.11 bits per heavy atom. The molecule has 1 aromatic heterocycles. The molecule has 54 valence electrons. The molecule has 0 aliphatic heterocycles. The molecule has 0 radical (unpaired) electrons. The maximum atomic E-state index is 5.34. The van der Waals surface area contributed by atoms with Crippen molar-refractivity contribution in [3.63, 3.8) is 0 Å². The lowest BCUT2D eigenvalue weighted by atomic mass is 10.3. The SMILES string of the molecule is Cc1onc(N)c1C.O.[HH]. The van der Waals surface area contributed by atoms with Crippen molar-refractivity contribution in [2.45, 2.75) is 13.8 Å². The zero-order valence-corrected chi connectivity index (χ0v) is 5.43. The first-order valence-corrected chi connectivity index (χ1v) is 2.40. The number of nitrogens with two attached hydrogens (primary N) is 1. The molecule has 0 atom stereocenters. The summed E-state index contributed by atoms with van der Waals surface area (Å²) < 4.78 is 4.72. The van der Waals surface area contributed by atoms with Crippen LogP contribution in [0.25, 0.3) is 0 Å². The number of aryl methyl sites for hydroxylation is 1. The molecule has 0 saturated carbocycles. The molecule has 0 bridgehead atoms. The lowest BCUT2D eigenvalue weighted by Gasteiger charge is -1.80. The van der Waals surface area contributed by atoms with Crippen molar-refractivity contribution < 1.29 is 11.4 Å². The normalized spacial score (nSPS) is 8.67. The fourth-order valence-electron chi connectivity index (χ4n) is 0.435. The predicted octanol–water partition coefficient (Wildman–Crippen LogP) is 0.295. The maximum absolute atomic E-state index is 5.34. The second kappa shape index (κ2) is 2.50. The fourth-order valence-corrected chi connectivity index (χ4v) is 0.435. The lowest BCUT2D eigenvalue weighted by Crippen LogP contribution is -1.85. The van der Waals surface area contributed by atoms with Crippen molar-refractivity contribution in [2.75, 3.05) is 5.73 Å². The van der Waals surface area contributed by atoms with E-state index in [1.54, 1.807) is 0 Å². The van der Waals surface area contributed by atoms with E-state index in [-0.39, 0.29) is 6.90 Å². The zero-order valence-electron chi connectivity index (χ0n) is 5.43. The van der Waals surface area contributed by atoms with Gasteiger partial charge in [-0.3, -0.25) is 0 Å². The molecule has 4 nitrogen and oxygen atoms in total. The number of nitrogen functional groups attached to an aromatic ring is 1. The minimum Gasteiger partial charge on any atom is -0.412 e. The Morgan fingerprint density at radius 1 is 1.56 bits per heavy atom. The molecule has 4 N–H and O–H groups in total. The average molecular weight is 132 g/mol. The van der Waals surface area contributed by atoms with Gasteiger partial charge in [-0.1, -0.05) is 5.16 Å². The van der Waals surface area contributed by atoms with Gasteiger partial charge in [0.05, 0.1) is 0 Å². The van der Waals surface area contributed by atoms with Crippen LogP contribution in [0.2, 0.25) is 0 Å². The Balaban J connectivity index is 0. The number of aromatic nitrogens is 1. The molecule has 0 aromatic carbocycles. The largest absolute Gasteiger partial charge is 0.412 e. The van der Waals surface area contributed by atoms with E-state index in [1.807, 2.05) is 13.8 Å². The van der Waals surface area contributed by atoms with Gasteiger partial charge >= 0.3 is 0 Å². The van der Waals surface area contributed by atoms with E-state index in [9.17, 15) is 0 Å². The summed E-state index contributed by atoms with van der Waals surface area (Å²) in [5, 5.41) is 3.52. The maximum Gasteiger partial charge on any atom is 0.169 e. The monoisotopic (exact) mass is 132 g/mol. The molecule has 0 amide bonds. The predicted molar refractivity (Wildman–Crippen MR) is 36.1 cm³/mol. The molecule has 0 spiro atoms. The summed E-state index contributed by atoms with van der Waals surface area (Å²) in [5.41, 5.74) is 6.27. The first-order chi connectivity index (χ1) is 3.72. The van der Waals surface area contributed by atoms with Crippen LogP contribution >= 0.6 is 0 Å². The Kier molecular flexibility index (Phi) is 2.21. The number of nitrogens with zero attached hydrogens (tertiary/aromatic N) is 1. The first kappa shape index (κ1) is 7.97. The van der Waals surface area contributed by atoms with Gasteiger partial charge in [0, 0.05) is 6.99 Å². The molecule has 0 fully saturated rings. The summed E-state index contributed by atoms with van der Waals surface area (Å²) in [6.45, 7) is 3.71. The van der Waals surface area contributed by atoms with Crippen LogP contribution in [0.1, 0.15) is 12.8 Å². The summed E-state index contributed by atoms with van der Waals surface area (Å²) in [6.07, 6.45) is 0. The van der Waals surface area contributed by atoms with Crippen molar-refractivity contribution in [3.05, 3.63) is 11.3 Å². The molecule has 0 aliphatic rings. The quantitative estimate of drug-likeness (QED) is 0.550. The minimum absolute atomic E-state index is 0. The van der Waals surface area contributed by atoms with Crippen molar-refractivity contribution in [2.24, 2.45) is 0 Å². The van der Waals surface area contributed by atoms with Crippen LogP contribution in [0.15, 0.2) is 4.52 Å². The first-order valence-electron chi connectivity index (χ1n) is 2.40. The molecule has 9 heavy (non-hydrogen) atoms. The summed E-state index contributed by atoms with van der Waals surface area (Å²) in [4.78, 5) is 0. The highest BCUT2D eigenvalue weighted by Crippen LogP contribution is 2.11. The minimum atomic E-state index is 0. The molecule has 1 rings (SSSR count). The van der Waals surface area contributed by atoms with Gasteiger partial charge in [0.15, 0.2) is 5.82 Å². The third kappa shape index (κ3) is 1.20. The Labute approximate surface area is 54.4 Å². The number of hydrogen-bond acceptors (Lipinski definition) is 3. The van der Waals surface area contributed by atoms with E-state index in [1.165, 1.54) is 0 Å². The molecule has 1 heterocycles. The van der Waals surface area contributed by atoms with E-state index in [0.717, 1.165) is 11.3 Å². The zero-order chi connectivity index (χ0) is 6.15. The van der Waals surface area contributed by atoms with Crippen LogP contribution in [0.3, 0.4) is 0 Å². The van der Waals surface area contributed by atoms with Crippen molar-refractivity contribution in [3.8, 4) is 0 Å². The molecule has 0 saturated heterocycles. The van der Waals surface area contributed by atoms with Gasteiger partial charge in [0.25, 0.3) is 0 Å². The Morgan fingerprint density at radius 3 is 2.22 bits per heavy atom. The van der Waals surface area contributed by atoms with Crippen LogP contribution < -0.4 is 5.73 Å². The Bertz CT molecular complexity index is 180. The van der Waals surface area contributed by atoms with Crippen LogP contribution in [-0.2, 0) is 0 Å². The second-order valence-corrected chi connectivity index (χ2v) is 1.75. The van der Waals surface area contributed by atoms with Gasteiger partial charge in [-0.15, -0.1) is 0 Å². The van der Waals surface area contributed by atoms with Gasteiger partial charge in [-0.2, -0.15) is 0 Å². The van der Waals surface area contributed by atoms with Gasteiger partial charge in [-0.05, 0) is 13.8 Å². The summed E-state index contributed by atoms with van der Waals surface area (Å²) in [5.74, 6) is 1.28. The van der Waals surface area contributed by atoms with E-state index in [4.69, 9.17) is 10.3 Å². The molecule has 1 aromatic rings. The molecular weight excluding hydrogens is 120 g/mol. The van der Waals surface area contributed by atoms with E-state index in [2.05, 4.69) is 5.16 Å². The third-order valence-corrected chi connectivity index (χ3v) is 1.19. The third-order valence-electron chi connectivity index (χ3n) is 1.19. The van der Waals surface area contributed by atoms with Crippen molar-refractivity contribution in [1.29, 1.82) is 0 Å². The smallest absolute Gasteiger partial charge is 0.169 e. The van der Waals surface area contributed by atoms with Crippen LogP contribution in [0.5, 0.6) is 0 Å². The van der Waals surface area contributed by atoms with Gasteiger partial charge in [0.1, 0.15) is 5.76 Å². The van der Waals surface area contributed by atoms with Gasteiger partial charge in [-0.25, -0.2) is 0 Å². The van der Waals surface area contributed by atoms with Gasteiger partial charge < -0.3 is 15.7 Å². The molecule has 0 unspecified atom stereocenters. The van der Waals surface area contributed by atoms with E-state index in [0.29, 0.717) is 5.82 Å². The average Bonchev–Trinajstić information content (AvgIpc) is 1.98. The number of hydrogen-bond donors (Lipinski definition) is 1. The van der Waals surface area contributed by atoms with Gasteiger partial charge in [0.2, 0.25) is 0 Å². The topological polar surface area (TPSA) is 83.5 Å². The van der Waals surface area contributed by atoms with Crippen LogP contribution in [0, 0.1) is 13.8 Å². The summed E-state index contributed by atoms with van der Waals surface area (Å²) in [7, 11) is 0. The highest BCUT2D eigenvalue weighted by atomic mass is 16.5. The van der Waals surface area contributed by atoms with Crippen molar-refractivity contribution >= 4 is 5.82 Å². The van der Waals surface area contributed by atoms with Crippen LogP contribution in [0.4, 0.5) is 5.82 Å². The molecule has 0 aliphatic carbocycles. The molecule has 4 heteroatoms. The lowest BCUT2D eigenvalue weighted by molar-refractivity contribution is 0.399. The highest BCUT2D eigenvalue weighted by Gasteiger charge is 2.00. The number of rotatable bonds is 0. The Hall–Kier alpha value is -1.03. The highest BCUT2D eigenvalue weighted by molar-refractivity contribution is 5.37. The second-order valence-electron chi connectivity index (χ2n) is 1.75. The number of anilines is 1. The van der Waals surface area contributed by atoms with E-state index >= 15 is 0 Å². The van der Waals surface area contributed by atoms with E-state index < -0.39 is 0 Å². The summed E-state index contributed by atoms with van der Waals surface area (Å²) >= 11 is 0. The molecular formula is C5H12N2O2. The van der Waals surface area contributed by atoms with Crippen LogP contribution in [-0.4, -0.2) is 10.6 Å². The van der Waals surface area contributed by atoms with Crippen molar-refractivity contribution in [1.82, 2.24) is 5.16 Å².